The van der Waals surface area contributed by atoms with Crippen molar-refractivity contribution in [3.05, 3.63) is 53.3 Å². The third-order valence-corrected chi connectivity index (χ3v) is 5.22. The second kappa shape index (κ2) is 10.6. The van der Waals surface area contributed by atoms with E-state index in [1.165, 1.54) is 6.07 Å². The molecule has 3 rings (SSSR count). The molecule has 164 valence electrons. The standard InChI is InChI=1S/C23H26N2O6/c1-2-30-22(28)13-19-17(8-6-11-24-19)23(29)25-12-4-3-7-16(25)15-31-21-10-5-9-20(27)18(21)14-26/h5-6,8-11,14,16,27H,2-4,7,12-13,15H2,1H3/t16-/m0/s1. The van der Waals surface area contributed by atoms with Crippen LogP contribution in [0.15, 0.2) is 36.5 Å². The number of aldehydes is 1. The second-order valence-corrected chi connectivity index (χ2v) is 7.25. The number of benzene rings is 1. The number of phenolic OH excluding ortho intramolecular Hbond substituents is 1. The van der Waals surface area contributed by atoms with E-state index >= 15 is 0 Å². The number of phenols is 1. The highest BCUT2D eigenvalue weighted by molar-refractivity contribution is 5.96. The third kappa shape index (κ3) is 5.39. The van der Waals surface area contributed by atoms with Crippen molar-refractivity contribution in [2.24, 2.45) is 0 Å². The molecule has 1 atom stereocenters. The van der Waals surface area contributed by atoms with Crippen LogP contribution in [-0.2, 0) is 16.0 Å². The van der Waals surface area contributed by atoms with Gasteiger partial charge in [0.15, 0.2) is 6.29 Å². The lowest BCUT2D eigenvalue weighted by Gasteiger charge is -2.36. The Morgan fingerprint density at radius 1 is 1.26 bits per heavy atom. The number of rotatable bonds is 8. The predicted octanol–water partition coefficient (Wildman–Crippen LogP) is 2.78. The van der Waals surface area contributed by atoms with Crippen molar-refractivity contribution in [1.29, 1.82) is 0 Å². The summed E-state index contributed by atoms with van der Waals surface area (Å²) >= 11 is 0. The summed E-state index contributed by atoms with van der Waals surface area (Å²) in [7, 11) is 0. The van der Waals surface area contributed by atoms with Crippen LogP contribution in [0.5, 0.6) is 11.5 Å². The van der Waals surface area contributed by atoms with E-state index in [9.17, 15) is 19.5 Å². The number of piperidine rings is 1. The summed E-state index contributed by atoms with van der Waals surface area (Å²) in [6, 6.07) is 7.74. The molecule has 1 amide bonds. The van der Waals surface area contributed by atoms with Gasteiger partial charge >= 0.3 is 5.97 Å². The minimum atomic E-state index is -0.431. The minimum Gasteiger partial charge on any atom is -0.507 e. The number of carbonyl (C=O) groups is 3. The molecule has 1 N–H and O–H groups in total. The number of hydrogen-bond acceptors (Lipinski definition) is 7. The van der Waals surface area contributed by atoms with Gasteiger partial charge in [-0.05, 0) is 50.5 Å². The summed E-state index contributed by atoms with van der Waals surface area (Å²) in [5.41, 5.74) is 0.834. The topological polar surface area (TPSA) is 106 Å². The molecule has 31 heavy (non-hydrogen) atoms. The molecule has 0 unspecified atom stereocenters. The number of pyridine rings is 1. The van der Waals surface area contributed by atoms with Gasteiger partial charge in [-0.3, -0.25) is 19.4 Å². The van der Waals surface area contributed by atoms with Gasteiger partial charge in [0.05, 0.1) is 35.9 Å². The molecule has 1 aliphatic heterocycles. The van der Waals surface area contributed by atoms with Crippen molar-refractivity contribution in [2.75, 3.05) is 19.8 Å². The van der Waals surface area contributed by atoms with Crippen LogP contribution in [0.2, 0.25) is 0 Å². The molecule has 8 heteroatoms. The van der Waals surface area contributed by atoms with Crippen molar-refractivity contribution in [3.8, 4) is 11.5 Å². The Kier molecular flexibility index (Phi) is 7.59. The zero-order chi connectivity index (χ0) is 22.2. The number of esters is 1. The van der Waals surface area contributed by atoms with Gasteiger partial charge in [0.2, 0.25) is 0 Å². The molecule has 8 nitrogen and oxygen atoms in total. The summed E-state index contributed by atoms with van der Waals surface area (Å²) < 4.78 is 10.8. The molecule has 1 aromatic heterocycles. The zero-order valence-electron chi connectivity index (χ0n) is 17.5. The molecule has 1 aromatic carbocycles. The lowest BCUT2D eigenvalue weighted by atomic mass is 10.0. The maximum Gasteiger partial charge on any atom is 0.311 e. The lowest BCUT2D eigenvalue weighted by Crippen LogP contribution is -2.47. The Labute approximate surface area is 180 Å². The van der Waals surface area contributed by atoms with E-state index in [0.29, 0.717) is 24.1 Å². The highest BCUT2D eigenvalue weighted by atomic mass is 16.5. The second-order valence-electron chi connectivity index (χ2n) is 7.25. The summed E-state index contributed by atoms with van der Waals surface area (Å²) in [5.74, 6) is -0.522. The Morgan fingerprint density at radius 2 is 2.10 bits per heavy atom. The average Bonchev–Trinajstić information content (AvgIpc) is 2.78. The van der Waals surface area contributed by atoms with Gasteiger partial charge in [0.1, 0.15) is 18.1 Å². The number of aromatic nitrogens is 1. The van der Waals surface area contributed by atoms with Gasteiger partial charge in [-0.2, -0.15) is 0 Å². The number of ether oxygens (including phenoxy) is 2. The van der Waals surface area contributed by atoms with Crippen molar-refractivity contribution in [2.45, 2.75) is 38.6 Å². The smallest absolute Gasteiger partial charge is 0.311 e. The number of aromatic hydroxyl groups is 1. The molecule has 0 aliphatic carbocycles. The highest BCUT2D eigenvalue weighted by Gasteiger charge is 2.30. The van der Waals surface area contributed by atoms with Gasteiger partial charge in [0, 0.05) is 12.7 Å². The number of amides is 1. The summed E-state index contributed by atoms with van der Waals surface area (Å²) in [6.07, 6.45) is 4.57. The SMILES string of the molecule is CCOC(=O)Cc1ncccc1C(=O)N1CCCC[C@H]1COc1cccc(O)c1C=O. The maximum atomic E-state index is 13.3. The summed E-state index contributed by atoms with van der Waals surface area (Å²) in [4.78, 5) is 42.5. The summed E-state index contributed by atoms with van der Waals surface area (Å²) in [5, 5.41) is 9.84. The largest absolute Gasteiger partial charge is 0.507 e. The first-order chi connectivity index (χ1) is 15.0. The Balaban J connectivity index is 1.77. The number of nitrogens with zero attached hydrogens (tertiary/aromatic N) is 2. The van der Waals surface area contributed by atoms with Crippen LogP contribution >= 0.6 is 0 Å². The number of hydrogen-bond donors (Lipinski definition) is 1. The first kappa shape index (κ1) is 22.3. The molecule has 0 bridgehead atoms. The Morgan fingerprint density at radius 3 is 2.87 bits per heavy atom. The maximum absolute atomic E-state index is 13.3. The van der Waals surface area contributed by atoms with Gasteiger partial charge in [-0.1, -0.05) is 6.07 Å². The lowest BCUT2D eigenvalue weighted by molar-refractivity contribution is -0.142. The zero-order valence-corrected chi connectivity index (χ0v) is 17.5. The molecule has 1 fully saturated rings. The van der Waals surface area contributed by atoms with E-state index in [-0.39, 0.29) is 48.6 Å². The molecular formula is C23H26N2O6. The molecule has 0 spiro atoms. The Bertz CT molecular complexity index is 945. The predicted molar refractivity (Wildman–Crippen MR) is 112 cm³/mol. The van der Waals surface area contributed by atoms with Crippen molar-refractivity contribution >= 4 is 18.2 Å². The van der Waals surface area contributed by atoms with E-state index in [4.69, 9.17) is 9.47 Å². The molecule has 2 aromatic rings. The molecule has 1 aliphatic rings. The third-order valence-electron chi connectivity index (χ3n) is 5.22. The van der Waals surface area contributed by atoms with Crippen LogP contribution in [0.4, 0.5) is 0 Å². The number of likely N-dealkylation sites (tertiary alicyclic amines) is 1. The van der Waals surface area contributed by atoms with E-state index in [0.717, 1.165) is 19.3 Å². The van der Waals surface area contributed by atoms with Crippen LogP contribution in [-0.4, -0.2) is 59.0 Å². The van der Waals surface area contributed by atoms with Gasteiger partial charge in [-0.25, -0.2) is 0 Å². The van der Waals surface area contributed by atoms with Crippen LogP contribution in [0.25, 0.3) is 0 Å². The molecule has 1 saturated heterocycles. The minimum absolute atomic E-state index is 0.0727. The average molecular weight is 426 g/mol. The number of carbonyl (C=O) groups excluding carboxylic acids is 3. The van der Waals surface area contributed by atoms with E-state index in [1.54, 1.807) is 42.3 Å². The fourth-order valence-electron chi connectivity index (χ4n) is 3.68. The summed E-state index contributed by atoms with van der Waals surface area (Å²) in [6.45, 7) is 2.73. The first-order valence-electron chi connectivity index (χ1n) is 10.4. The van der Waals surface area contributed by atoms with Crippen LogP contribution in [0.1, 0.15) is 52.6 Å². The fraction of sp³-hybridized carbons (Fsp3) is 0.391. The van der Waals surface area contributed by atoms with Crippen LogP contribution in [0.3, 0.4) is 0 Å². The highest BCUT2D eigenvalue weighted by Crippen LogP contribution is 2.27. The van der Waals surface area contributed by atoms with E-state index in [1.807, 2.05) is 0 Å². The van der Waals surface area contributed by atoms with Gasteiger partial charge in [0.25, 0.3) is 5.91 Å². The van der Waals surface area contributed by atoms with E-state index in [2.05, 4.69) is 4.98 Å². The van der Waals surface area contributed by atoms with E-state index < -0.39 is 5.97 Å². The quantitative estimate of drug-likeness (QED) is 0.511. The molecular weight excluding hydrogens is 400 g/mol. The normalized spacial score (nSPS) is 15.9. The fourth-order valence-corrected chi connectivity index (χ4v) is 3.68. The monoisotopic (exact) mass is 426 g/mol. The van der Waals surface area contributed by atoms with Crippen LogP contribution in [0, 0.1) is 0 Å². The van der Waals surface area contributed by atoms with Crippen molar-refractivity contribution in [3.63, 3.8) is 0 Å². The van der Waals surface area contributed by atoms with Gasteiger partial charge < -0.3 is 19.5 Å². The molecule has 0 radical (unpaired) electrons. The molecule has 0 saturated carbocycles. The van der Waals surface area contributed by atoms with Gasteiger partial charge in [-0.15, -0.1) is 0 Å². The van der Waals surface area contributed by atoms with Crippen molar-refractivity contribution in [1.82, 2.24) is 9.88 Å². The first-order valence-corrected chi connectivity index (χ1v) is 10.4. The van der Waals surface area contributed by atoms with Crippen LogP contribution < -0.4 is 4.74 Å². The Hall–Kier alpha value is -3.42. The van der Waals surface area contributed by atoms with Crippen molar-refractivity contribution < 1.29 is 29.0 Å². The molecule has 2 heterocycles.